The molecule has 0 aromatic heterocycles. The van der Waals surface area contributed by atoms with Crippen LogP contribution in [0.15, 0.2) is 30.3 Å². The van der Waals surface area contributed by atoms with Crippen LogP contribution in [0.4, 0.5) is 0 Å². The molecule has 2 atom stereocenters. The average Bonchev–Trinajstić information content (AvgIpc) is 2.39. The van der Waals surface area contributed by atoms with Crippen molar-refractivity contribution in [2.45, 2.75) is 46.2 Å². The molecule has 0 aliphatic heterocycles. The molecule has 2 unspecified atom stereocenters. The van der Waals surface area contributed by atoms with Gasteiger partial charge in [0.15, 0.2) is 0 Å². The molecule has 0 aliphatic rings. The predicted octanol–water partition coefficient (Wildman–Crippen LogP) is 3.70. The first-order valence-corrected chi connectivity index (χ1v) is 7.53. The van der Waals surface area contributed by atoms with Crippen molar-refractivity contribution in [3.8, 4) is 0 Å². The van der Waals surface area contributed by atoms with Crippen molar-refractivity contribution in [2.24, 2.45) is 5.92 Å². The first-order valence-electron chi connectivity index (χ1n) is 7.53. The largest absolute Gasteiger partial charge is 0.313 e. The summed E-state index contributed by atoms with van der Waals surface area (Å²) < 4.78 is 0. The minimum Gasteiger partial charge on any atom is -0.313 e. The van der Waals surface area contributed by atoms with Crippen LogP contribution in [-0.4, -0.2) is 31.1 Å². The lowest BCUT2D eigenvalue weighted by molar-refractivity contribution is 0.203. The Bertz CT molecular complexity index is 334. The fourth-order valence-corrected chi connectivity index (χ4v) is 2.30. The maximum atomic E-state index is 3.57. The highest BCUT2D eigenvalue weighted by atomic mass is 15.2. The van der Waals surface area contributed by atoms with E-state index in [-0.39, 0.29) is 0 Å². The van der Waals surface area contributed by atoms with Gasteiger partial charge in [0.2, 0.25) is 0 Å². The zero-order chi connectivity index (χ0) is 14.3. The van der Waals surface area contributed by atoms with Crippen LogP contribution < -0.4 is 5.32 Å². The van der Waals surface area contributed by atoms with Gasteiger partial charge in [0.05, 0.1) is 0 Å². The average molecular weight is 262 g/mol. The van der Waals surface area contributed by atoms with Crippen LogP contribution in [0.25, 0.3) is 0 Å². The molecule has 0 radical (unpaired) electrons. The third-order valence-corrected chi connectivity index (χ3v) is 3.73. The normalized spacial score (nSPS) is 14.9. The van der Waals surface area contributed by atoms with Gasteiger partial charge in [-0.3, -0.25) is 4.90 Å². The lowest BCUT2D eigenvalue weighted by atomic mass is 10.0. The second-order valence-electron chi connectivity index (χ2n) is 5.94. The van der Waals surface area contributed by atoms with E-state index >= 15 is 0 Å². The zero-order valence-electron chi connectivity index (χ0n) is 13.2. The Balaban J connectivity index is 2.74. The van der Waals surface area contributed by atoms with Gasteiger partial charge < -0.3 is 5.32 Å². The van der Waals surface area contributed by atoms with E-state index in [1.54, 1.807) is 0 Å². The molecule has 0 bridgehead atoms. The fourth-order valence-electron chi connectivity index (χ4n) is 2.30. The van der Waals surface area contributed by atoms with Crippen LogP contribution in [0.5, 0.6) is 0 Å². The first-order chi connectivity index (χ1) is 9.04. The van der Waals surface area contributed by atoms with Crippen LogP contribution >= 0.6 is 0 Å². The second kappa shape index (κ2) is 8.34. The van der Waals surface area contributed by atoms with Gasteiger partial charge in [-0.15, -0.1) is 0 Å². The lowest BCUT2D eigenvalue weighted by Crippen LogP contribution is -2.37. The molecule has 1 aromatic rings. The molecule has 0 saturated carbocycles. The number of likely N-dealkylation sites (N-methyl/N-ethyl adjacent to an activating group) is 1. The maximum Gasteiger partial charge on any atom is 0.0469 e. The predicted molar refractivity (Wildman–Crippen MR) is 84.4 cm³/mol. The van der Waals surface area contributed by atoms with E-state index in [0.29, 0.717) is 12.1 Å². The summed E-state index contributed by atoms with van der Waals surface area (Å²) in [4.78, 5) is 2.48. The van der Waals surface area contributed by atoms with Crippen molar-refractivity contribution >= 4 is 0 Å². The summed E-state index contributed by atoms with van der Waals surface area (Å²) >= 11 is 0. The van der Waals surface area contributed by atoms with E-state index in [1.807, 2.05) is 0 Å². The molecule has 2 heteroatoms. The number of rotatable bonds is 8. The SMILES string of the molecule is CCC(C)CN(C)C(CNC(C)C)c1ccccc1. The van der Waals surface area contributed by atoms with E-state index in [9.17, 15) is 0 Å². The maximum absolute atomic E-state index is 3.57. The molecule has 1 rings (SSSR count). The molecule has 108 valence electrons. The highest BCUT2D eigenvalue weighted by Gasteiger charge is 2.18. The third-order valence-electron chi connectivity index (χ3n) is 3.73. The highest BCUT2D eigenvalue weighted by molar-refractivity contribution is 5.19. The van der Waals surface area contributed by atoms with Crippen LogP contribution in [0, 0.1) is 5.92 Å². The second-order valence-corrected chi connectivity index (χ2v) is 5.94. The Morgan fingerprint density at radius 3 is 2.26 bits per heavy atom. The Morgan fingerprint density at radius 2 is 1.74 bits per heavy atom. The van der Waals surface area contributed by atoms with E-state index < -0.39 is 0 Å². The molecular formula is C17H30N2. The molecule has 0 saturated heterocycles. The molecule has 1 aromatic carbocycles. The van der Waals surface area contributed by atoms with Crippen LogP contribution in [0.1, 0.15) is 45.7 Å². The number of nitrogens with one attached hydrogen (secondary N) is 1. The van der Waals surface area contributed by atoms with E-state index in [2.05, 4.69) is 75.3 Å². The van der Waals surface area contributed by atoms with Gasteiger partial charge in [-0.05, 0) is 18.5 Å². The van der Waals surface area contributed by atoms with Gasteiger partial charge in [-0.25, -0.2) is 0 Å². The minimum absolute atomic E-state index is 0.456. The lowest BCUT2D eigenvalue weighted by Gasteiger charge is -2.31. The Kier molecular flexibility index (Phi) is 7.11. The molecule has 1 N–H and O–H groups in total. The Hall–Kier alpha value is -0.860. The van der Waals surface area contributed by atoms with Gasteiger partial charge in [0.25, 0.3) is 0 Å². The zero-order valence-corrected chi connectivity index (χ0v) is 13.2. The third kappa shape index (κ3) is 5.75. The summed E-state index contributed by atoms with van der Waals surface area (Å²) in [6.45, 7) is 11.2. The van der Waals surface area contributed by atoms with E-state index in [1.165, 1.54) is 12.0 Å². The number of benzene rings is 1. The van der Waals surface area contributed by atoms with Gasteiger partial charge in [0.1, 0.15) is 0 Å². The van der Waals surface area contributed by atoms with Crippen molar-refractivity contribution in [1.29, 1.82) is 0 Å². The van der Waals surface area contributed by atoms with Crippen molar-refractivity contribution in [1.82, 2.24) is 10.2 Å². The Morgan fingerprint density at radius 1 is 1.11 bits per heavy atom. The minimum atomic E-state index is 0.456. The fraction of sp³-hybridized carbons (Fsp3) is 0.647. The molecule has 0 aliphatic carbocycles. The first kappa shape index (κ1) is 16.2. The summed E-state index contributed by atoms with van der Waals surface area (Å²) in [5.74, 6) is 0.746. The Labute approximate surface area is 119 Å². The van der Waals surface area contributed by atoms with Crippen molar-refractivity contribution < 1.29 is 0 Å². The molecule has 0 spiro atoms. The molecule has 0 fully saturated rings. The highest BCUT2D eigenvalue weighted by Crippen LogP contribution is 2.20. The molecule has 0 heterocycles. The van der Waals surface area contributed by atoms with Crippen LogP contribution in [0.3, 0.4) is 0 Å². The number of hydrogen-bond donors (Lipinski definition) is 1. The summed E-state index contributed by atoms with van der Waals surface area (Å²) in [6, 6.07) is 11.8. The van der Waals surface area contributed by atoms with Crippen molar-refractivity contribution in [3.05, 3.63) is 35.9 Å². The smallest absolute Gasteiger partial charge is 0.0469 e. The molecule has 19 heavy (non-hydrogen) atoms. The molecular weight excluding hydrogens is 232 g/mol. The number of hydrogen-bond acceptors (Lipinski definition) is 2. The molecule has 2 nitrogen and oxygen atoms in total. The van der Waals surface area contributed by atoms with Crippen molar-refractivity contribution in [3.63, 3.8) is 0 Å². The summed E-state index contributed by atoms with van der Waals surface area (Å²) in [5, 5.41) is 3.57. The van der Waals surface area contributed by atoms with Gasteiger partial charge in [0, 0.05) is 25.2 Å². The molecule has 0 amide bonds. The summed E-state index contributed by atoms with van der Waals surface area (Å²) in [6.07, 6.45) is 1.24. The summed E-state index contributed by atoms with van der Waals surface area (Å²) in [7, 11) is 2.24. The van der Waals surface area contributed by atoms with E-state index in [4.69, 9.17) is 0 Å². The van der Waals surface area contributed by atoms with Crippen LogP contribution in [0.2, 0.25) is 0 Å². The van der Waals surface area contributed by atoms with E-state index in [0.717, 1.165) is 19.0 Å². The van der Waals surface area contributed by atoms with Gasteiger partial charge in [-0.2, -0.15) is 0 Å². The quantitative estimate of drug-likeness (QED) is 0.768. The van der Waals surface area contributed by atoms with Crippen molar-refractivity contribution in [2.75, 3.05) is 20.1 Å². The van der Waals surface area contributed by atoms with Crippen LogP contribution in [-0.2, 0) is 0 Å². The standard InChI is InChI=1S/C17H30N2/c1-6-15(4)13-19(5)17(12-18-14(2)3)16-10-8-7-9-11-16/h7-11,14-15,17-18H,6,12-13H2,1-5H3. The number of nitrogens with zero attached hydrogens (tertiary/aromatic N) is 1. The monoisotopic (exact) mass is 262 g/mol. The summed E-state index contributed by atoms with van der Waals surface area (Å²) in [5.41, 5.74) is 1.40. The van der Waals surface area contributed by atoms with Gasteiger partial charge in [-0.1, -0.05) is 64.4 Å². The van der Waals surface area contributed by atoms with Gasteiger partial charge >= 0.3 is 0 Å². The topological polar surface area (TPSA) is 15.3 Å².